The van der Waals surface area contributed by atoms with E-state index in [1.165, 1.54) is 0 Å². The number of aromatic nitrogens is 1. The molecular formula is C16H17N3O. The van der Waals surface area contributed by atoms with Gasteiger partial charge in [-0.1, -0.05) is 6.08 Å². The zero-order valence-electron chi connectivity index (χ0n) is 11.2. The van der Waals surface area contributed by atoms with Crippen molar-refractivity contribution in [2.24, 2.45) is 0 Å². The molecule has 0 atom stereocenters. The van der Waals surface area contributed by atoms with Crippen LogP contribution in [-0.2, 0) is 6.54 Å². The van der Waals surface area contributed by atoms with E-state index in [-0.39, 0.29) is 5.91 Å². The van der Waals surface area contributed by atoms with Gasteiger partial charge in [-0.15, -0.1) is 6.58 Å². The van der Waals surface area contributed by atoms with Crippen LogP contribution in [-0.4, -0.2) is 17.4 Å². The first-order valence-corrected chi connectivity index (χ1v) is 6.41. The maximum Gasteiger partial charge on any atom is 0.251 e. The van der Waals surface area contributed by atoms with Crippen molar-refractivity contribution >= 4 is 11.6 Å². The van der Waals surface area contributed by atoms with E-state index >= 15 is 0 Å². The van der Waals surface area contributed by atoms with Gasteiger partial charge in [-0.25, -0.2) is 0 Å². The van der Waals surface area contributed by atoms with Gasteiger partial charge in [0.1, 0.15) is 0 Å². The zero-order valence-corrected chi connectivity index (χ0v) is 11.2. The Labute approximate surface area is 118 Å². The third-order valence-electron chi connectivity index (χ3n) is 2.80. The minimum Gasteiger partial charge on any atom is -0.381 e. The van der Waals surface area contributed by atoms with Gasteiger partial charge in [-0.2, -0.15) is 0 Å². The zero-order chi connectivity index (χ0) is 14.2. The SMILES string of the molecule is C=CCNC(=O)c1ccc(NCc2ccncc2)cc1. The lowest BCUT2D eigenvalue weighted by Gasteiger charge is -2.07. The normalized spacial score (nSPS) is 9.80. The second-order valence-electron chi connectivity index (χ2n) is 4.29. The third-order valence-corrected chi connectivity index (χ3v) is 2.80. The molecule has 0 radical (unpaired) electrons. The molecular weight excluding hydrogens is 250 g/mol. The molecule has 20 heavy (non-hydrogen) atoms. The highest BCUT2D eigenvalue weighted by Crippen LogP contribution is 2.11. The van der Waals surface area contributed by atoms with Crippen LogP contribution in [0.2, 0.25) is 0 Å². The van der Waals surface area contributed by atoms with Crippen LogP contribution < -0.4 is 10.6 Å². The molecule has 0 aliphatic rings. The summed E-state index contributed by atoms with van der Waals surface area (Å²) in [6, 6.07) is 11.3. The first-order valence-electron chi connectivity index (χ1n) is 6.41. The minimum absolute atomic E-state index is 0.0921. The van der Waals surface area contributed by atoms with Gasteiger partial charge in [-0.05, 0) is 42.0 Å². The predicted octanol–water partition coefficient (Wildman–Crippen LogP) is 2.61. The molecule has 2 aromatic rings. The second-order valence-corrected chi connectivity index (χ2v) is 4.29. The number of hydrogen-bond acceptors (Lipinski definition) is 3. The van der Waals surface area contributed by atoms with Crippen LogP contribution in [0.25, 0.3) is 0 Å². The van der Waals surface area contributed by atoms with Gasteiger partial charge in [-0.3, -0.25) is 9.78 Å². The van der Waals surface area contributed by atoms with Crippen LogP contribution in [0.3, 0.4) is 0 Å². The van der Waals surface area contributed by atoms with Crippen molar-refractivity contribution in [2.75, 3.05) is 11.9 Å². The Morgan fingerprint density at radius 3 is 2.50 bits per heavy atom. The summed E-state index contributed by atoms with van der Waals surface area (Å²) in [6.07, 6.45) is 5.19. The number of benzene rings is 1. The number of anilines is 1. The van der Waals surface area contributed by atoms with Gasteiger partial charge in [0.2, 0.25) is 0 Å². The van der Waals surface area contributed by atoms with Crippen molar-refractivity contribution in [3.8, 4) is 0 Å². The van der Waals surface area contributed by atoms with E-state index in [4.69, 9.17) is 0 Å². The van der Waals surface area contributed by atoms with Crippen molar-refractivity contribution in [1.82, 2.24) is 10.3 Å². The summed E-state index contributed by atoms with van der Waals surface area (Å²) in [4.78, 5) is 15.7. The molecule has 0 unspecified atom stereocenters. The fraction of sp³-hybridized carbons (Fsp3) is 0.125. The first-order chi connectivity index (χ1) is 9.79. The number of carbonyl (C=O) groups excluding carboxylic acids is 1. The van der Waals surface area contributed by atoms with Crippen LogP contribution in [0, 0.1) is 0 Å². The van der Waals surface area contributed by atoms with E-state index < -0.39 is 0 Å². The van der Waals surface area contributed by atoms with Gasteiger partial charge >= 0.3 is 0 Å². The second kappa shape index (κ2) is 7.09. The fourth-order valence-electron chi connectivity index (χ4n) is 1.71. The minimum atomic E-state index is -0.0921. The highest BCUT2D eigenvalue weighted by Gasteiger charge is 2.03. The molecule has 0 aliphatic carbocycles. The van der Waals surface area contributed by atoms with Crippen molar-refractivity contribution in [3.05, 3.63) is 72.6 Å². The average Bonchev–Trinajstić information content (AvgIpc) is 2.52. The summed E-state index contributed by atoms with van der Waals surface area (Å²) in [5.41, 5.74) is 2.77. The molecule has 1 aromatic heterocycles. The van der Waals surface area contributed by atoms with Crippen molar-refractivity contribution in [1.29, 1.82) is 0 Å². The number of nitrogens with zero attached hydrogens (tertiary/aromatic N) is 1. The van der Waals surface area contributed by atoms with Crippen molar-refractivity contribution in [2.45, 2.75) is 6.54 Å². The van der Waals surface area contributed by atoms with Gasteiger partial charge < -0.3 is 10.6 Å². The van der Waals surface area contributed by atoms with Gasteiger partial charge in [0.05, 0.1) is 0 Å². The molecule has 1 aromatic carbocycles. The quantitative estimate of drug-likeness (QED) is 0.791. The summed E-state index contributed by atoms with van der Waals surface area (Å²) >= 11 is 0. The number of hydrogen-bond donors (Lipinski definition) is 2. The van der Waals surface area contributed by atoms with E-state index in [1.807, 2.05) is 24.3 Å². The van der Waals surface area contributed by atoms with E-state index in [0.29, 0.717) is 12.1 Å². The molecule has 0 saturated heterocycles. The predicted molar refractivity (Wildman–Crippen MR) is 80.5 cm³/mol. The summed E-state index contributed by atoms with van der Waals surface area (Å²) < 4.78 is 0. The van der Waals surface area contributed by atoms with Gasteiger partial charge in [0.15, 0.2) is 0 Å². The lowest BCUT2D eigenvalue weighted by molar-refractivity contribution is 0.0958. The Morgan fingerprint density at radius 1 is 1.15 bits per heavy atom. The average molecular weight is 267 g/mol. The van der Waals surface area contributed by atoms with Crippen LogP contribution >= 0.6 is 0 Å². The Hall–Kier alpha value is -2.62. The molecule has 4 heteroatoms. The molecule has 0 saturated carbocycles. The third kappa shape index (κ3) is 3.95. The summed E-state index contributed by atoms with van der Waals surface area (Å²) in [5, 5.41) is 6.04. The lowest BCUT2D eigenvalue weighted by Crippen LogP contribution is -2.23. The van der Waals surface area contributed by atoms with Crippen molar-refractivity contribution in [3.63, 3.8) is 0 Å². The highest BCUT2D eigenvalue weighted by molar-refractivity contribution is 5.94. The molecule has 102 valence electrons. The number of amides is 1. The van der Waals surface area contributed by atoms with Crippen LogP contribution in [0.5, 0.6) is 0 Å². The molecule has 2 rings (SSSR count). The molecule has 1 amide bonds. The van der Waals surface area contributed by atoms with Crippen LogP contribution in [0.4, 0.5) is 5.69 Å². The Balaban J connectivity index is 1.91. The maximum atomic E-state index is 11.7. The summed E-state index contributed by atoms with van der Waals surface area (Å²) in [6.45, 7) is 4.76. The van der Waals surface area contributed by atoms with E-state index in [1.54, 1.807) is 30.6 Å². The molecule has 1 heterocycles. The van der Waals surface area contributed by atoms with Gasteiger partial charge in [0.25, 0.3) is 5.91 Å². The molecule has 0 spiro atoms. The van der Waals surface area contributed by atoms with Gasteiger partial charge in [0, 0.05) is 36.7 Å². The standard InChI is InChI=1S/C16H17N3O/c1-2-9-18-16(20)14-3-5-15(6-4-14)19-12-13-7-10-17-11-8-13/h2-8,10-11,19H,1,9,12H2,(H,18,20). The lowest BCUT2D eigenvalue weighted by atomic mass is 10.2. The smallest absolute Gasteiger partial charge is 0.251 e. The first kappa shape index (κ1) is 13.8. The number of carbonyl (C=O) groups is 1. The fourth-order valence-corrected chi connectivity index (χ4v) is 1.71. The Morgan fingerprint density at radius 2 is 1.85 bits per heavy atom. The summed E-state index contributed by atoms with van der Waals surface area (Å²) in [5.74, 6) is -0.0921. The number of rotatable bonds is 6. The maximum absolute atomic E-state index is 11.7. The summed E-state index contributed by atoms with van der Waals surface area (Å²) in [7, 11) is 0. The monoisotopic (exact) mass is 267 g/mol. The number of nitrogens with one attached hydrogen (secondary N) is 2. The largest absolute Gasteiger partial charge is 0.381 e. The van der Waals surface area contributed by atoms with E-state index in [9.17, 15) is 4.79 Å². The Kier molecular flexibility index (Phi) is 4.89. The topological polar surface area (TPSA) is 54.0 Å². The molecule has 4 nitrogen and oxygen atoms in total. The molecule has 0 fully saturated rings. The number of pyridine rings is 1. The highest BCUT2D eigenvalue weighted by atomic mass is 16.1. The molecule has 0 bridgehead atoms. The van der Waals surface area contributed by atoms with Crippen molar-refractivity contribution < 1.29 is 4.79 Å². The molecule has 2 N–H and O–H groups in total. The van der Waals surface area contributed by atoms with E-state index in [0.717, 1.165) is 17.8 Å². The van der Waals surface area contributed by atoms with Crippen LogP contribution in [0.15, 0.2) is 61.4 Å². The molecule has 0 aliphatic heterocycles. The van der Waals surface area contributed by atoms with Crippen LogP contribution in [0.1, 0.15) is 15.9 Å². The Bertz CT molecular complexity index is 564. The van der Waals surface area contributed by atoms with E-state index in [2.05, 4.69) is 22.2 Å².